The van der Waals surface area contributed by atoms with Gasteiger partial charge in [0.05, 0.1) is 13.7 Å². The van der Waals surface area contributed by atoms with Crippen molar-refractivity contribution in [3.8, 4) is 11.5 Å². The van der Waals surface area contributed by atoms with E-state index in [2.05, 4.69) is 10.6 Å². The molecule has 0 saturated carbocycles. The molecule has 0 aliphatic heterocycles. The van der Waals surface area contributed by atoms with Crippen LogP contribution < -0.4 is 20.1 Å². The van der Waals surface area contributed by atoms with Gasteiger partial charge in [0, 0.05) is 17.7 Å². The highest BCUT2D eigenvalue weighted by atomic mass is 16.5. The van der Waals surface area contributed by atoms with E-state index >= 15 is 0 Å². The van der Waals surface area contributed by atoms with Gasteiger partial charge in [0.15, 0.2) is 0 Å². The minimum absolute atomic E-state index is 0.0654. The number of rotatable bonds is 9. The molecule has 2 rings (SSSR count). The van der Waals surface area contributed by atoms with E-state index < -0.39 is 6.04 Å². The van der Waals surface area contributed by atoms with Gasteiger partial charge in [-0.25, -0.2) is 0 Å². The third-order valence-electron chi connectivity index (χ3n) is 4.31. The topological polar surface area (TPSA) is 76.7 Å². The number of amides is 2. The summed E-state index contributed by atoms with van der Waals surface area (Å²) in [6.45, 7) is 6.58. The summed E-state index contributed by atoms with van der Waals surface area (Å²) < 4.78 is 10.7. The average molecular weight is 384 g/mol. The van der Waals surface area contributed by atoms with Crippen LogP contribution in [0.5, 0.6) is 11.5 Å². The molecule has 1 atom stereocenters. The standard InChI is InChI=1S/C22H28N2O4/c1-5-28-18-12-10-16(11-13-18)21(25)24-20(15(2)3)22(26)23-14-17-8-6-7-9-19(17)27-4/h6-13,15,20H,5,14H2,1-4H3,(H,23,26)(H,24,25)/t20-/m0/s1. The maximum atomic E-state index is 12.7. The van der Waals surface area contributed by atoms with Crippen LogP contribution in [-0.4, -0.2) is 31.6 Å². The van der Waals surface area contributed by atoms with E-state index in [4.69, 9.17) is 9.47 Å². The zero-order valence-corrected chi connectivity index (χ0v) is 16.8. The summed E-state index contributed by atoms with van der Waals surface area (Å²) in [5, 5.41) is 5.71. The zero-order valence-electron chi connectivity index (χ0n) is 16.8. The van der Waals surface area contributed by atoms with E-state index in [1.54, 1.807) is 31.4 Å². The fourth-order valence-electron chi connectivity index (χ4n) is 2.77. The summed E-state index contributed by atoms with van der Waals surface area (Å²) in [6, 6.07) is 13.7. The first-order valence-electron chi connectivity index (χ1n) is 9.39. The lowest BCUT2D eigenvalue weighted by Gasteiger charge is -2.22. The summed E-state index contributed by atoms with van der Waals surface area (Å²) in [4.78, 5) is 25.2. The molecule has 0 unspecified atom stereocenters. The molecule has 150 valence electrons. The largest absolute Gasteiger partial charge is 0.496 e. The summed E-state index contributed by atoms with van der Waals surface area (Å²) in [5.74, 6) is 0.815. The molecule has 2 aromatic rings. The zero-order chi connectivity index (χ0) is 20.5. The van der Waals surface area contributed by atoms with E-state index in [1.165, 1.54) is 0 Å². The van der Waals surface area contributed by atoms with Crippen LogP contribution in [0, 0.1) is 5.92 Å². The average Bonchev–Trinajstić information content (AvgIpc) is 2.70. The fourth-order valence-corrected chi connectivity index (χ4v) is 2.77. The number of hydrogen-bond donors (Lipinski definition) is 2. The predicted molar refractivity (Wildman–Crippen MR) is 109 cm³/mol. The Labute approximate surface area is 166 Å². The third-order valence-corrected chi connectivity index (χ3v) is 4.31. The Bertz CT molecular complexity index is 787. The van der Waals surface area contributed by atoms with Crippen LogP contribution in [0.1, 0.15) is 36.7 Å². The monoisotopic (exact) mass is 384 g/mol. The minimum atomic E-state index is -0.645. The van der Waals surface area contributed by atoms with Crippen molar-refractivity contribution in [3.63, 3.8) is 0 Å². The molecule has 28 heavy (non-hydrogen) atoms. The molecule has 2 N–H and O–H groups in total. The fraction of sp³-hybridized carbons (Fsp3) is 0.364. The van der Waals surface area contributed by atoms with Gasteiger partial charge in [0.1, 0.15) is 17.5 Å². The quantitative estimate of drug-likeness (QED) is 0.696. The SMILES string of the molecule is CCOc1ccc(C(=O)N[C@H](C(=O)NCc2ccccc2OC)C(C)C)cc1. The highest BCUT2D eigenvalue weighted by Crippen LogP contribution is 2.17. The number of nitrogens with one attached hydrogen (secondary N) is 2. The van der Waals surface area contributed by atoms with E-state index in [0.717, 1.165) is 5.56 Å². The molecule has 0 saturated heterocycles. The lowest BCUT2D eigenvalue weighted by molar-refractivity contribution is -0.124. The molecule has 6 nitrogen and oxygen atoms in total. The Kier molecular flexibility index (Phi) is 7.87. The number of methoxy groups -OCH3 is 1. The maximum absolute atomic E-state index is 12.7. The lowest BCUT2D eigenvalue weighted by atomic mass is 10.0. The van der Waals surface area contributed by atoms with Crippen LogP contribution in [0.3, 0.4) is 0 Å². The highest BCUT2D eigenvalue weighted by molar-refractivity contribution is 5.97. The van der Waals surface area contributed by atoms with Crippen molar-refractivity contribution in [1.82, 2.24) is 10.6 Å². The van der Waals surface area contributed by atoms with Gasteiger partial charge in [-0.1, -0.05) is 32.0 Å². The number of benzene rings is 2. The summed E-state index contributed by atoms with van der Waals surface area (Å²) >= 11 is 0. The number of ether oxygens (including phenoxy) is 2. The molecule has 0 aliphatic rings. The van der Waals surface area contributed by atoms with Gasteiger partial charge >= 0.3 is 0 Å². The number of carbonyl (C=O) groups excluding carboxylic acids is 2. The molecule has 0 aromatic heterocycles. The van der Waals surface area contributed by atoms with Gasteiger partial charge in [0.25, 0.3) is 5.91 Å². The second kappa shape index (κ2) is 10.3. The van der Waals surface area contributed by atoms with Crippen molar-refractivity contribution < 1.29 is 19.1 Å². The summed E-state index contributed by atoms with van der Waals surface area (Å²) in [6.07, 6.45) is 0. The van der Waals surface area contributed by atoms with Crippen LogP contribution in [-0.2, 0) is 11.3 Å². The number of para-hydroxylation sites is 1. The molecule has 6 heteroatoms. The van der Waals surface area contributed by atoms with E-state index in [1.807, 2.05) is 45.0 Å². The molecule has 0 heterocycles. The second-order valence-electron chi connectivity index (χ2n) is 6.68. The Morgan fingerprint density at radius 1 is 1.04 bits per heavy atom. The minimum Gasteiger partial charge on any atom is -0.496 e. The van der Waals surface area contributed by atoms with Crippen molar-refractivity contribution in [2.24, 2.45) is 5.92 Å². The van der Waals surface area contributed by atoms with E-state index in [0.29, 0.717) is 30.2 Å². The molecule has 0 spiro atoms. The van der Waals surface area contributed by atoms with Crippen LogP contribution >= 0.6 is 0 Å². The second-order valence-corrected chi connectivity index (χ2v) is 6.68. The molecule has 2 amide bonds. The molecule has 0 aliphatic carbocycles. The first kappa shape index (κ1) is 21.3. The number of carbonyl (C=O) groups is 2. The van der Waals surface area contributed by atoms with E-state index in [9.17, 15) is 9.59 Å². The molecule has 0 radical (unpaired) electrons. The van der Waals surface area contributed by atoms with Gasteiger partial charge in [-0.05, 0) is 43.2 Å². The third kappa shape index (κ3) is 5.74. The Morgan fingerprint density at radius 2 is 1.71 bits per heavy atom. The summed E-state index contributed by atoms with van der Waals surface area (Å²) in [5.41, 5.74) is 1.35. The van der Waals surface area contributed by atoms with Gasteiger partial charge in [0.2, 0.25) is 5.91 Å². The Balaban J connectivity index is 2.01. The molecule has 0 fully saturated rings. The lowest BCUT2D eigenvalue weighted by Crippen LogP contribution is -2.49. The van der Waals surface area contributed by atoms with Gasteiger partial charge in [-0.3, -0.25) is 9.59 Å². The van der Waals surface area contributed by atoms with Gasteiger partial charge < -0.3 is 20.1 Å². The summed E-state index contributed by atoms with van der Waals surface area (Å²) in [7, 11) is 1.59. The predicted octanol–water partition coefficient (Wildman–Crippen LogP) is 3.16. The molecular formula is C22H28N2O4. The Hall–Kier alpha value is -3.02. The first-order valence-corrected chi connectivity index (χ1v) is 9.39. The normalized spacial score (nSPS) is 11.6. The smallest absolute Gasteiger partial charge is 0.251 e. The van der Waals surface area contributed by atoms with E-state index in [-0.39, 0.29) is 17.7 Å². The van der Waals surface area contributed by atoms with Crippen molar-refractivity contribution in [3.05, 3.63) is 59.7 Å². The molecular weight excluding hydrogens is 356 g/mol. The van der Waals surface area contributed by atoms with Crippen LogP contribution in [0.2, 0.25) is 0 Å². The highest BCUT2D eigenvalue weighted by Gasteiger charge is 2.24. The number of hydrogen-bond acceptors (Lipinski definition) is 4. The maximum Gasteiger partial charge on any atom is 0.251 e. The van der Waals surface area contributed by atoms with Crippen LogP contribution in [0.15, 0.2) is 48.5 Å². The van der Waals surface area contributed by atoms with Crippen molar-refractivity contribution in [2.75, 3.05) is 13.7 Å². The van der Waals surface area contributed by atoms with Crippen molar-refractivity contribution in [2.45, 2.75) is 33.4 Å². The Morgan fingerprint density at radius 3 is 2.32 bits per heavy atom. The first-order chi connectivity index (χ1) is 13.5. The molecule has 2 aromatic carbocycles. The van der Waals surface area contributed by atoms with Crippen molar-refractivity contribution >= 4 is 11.8 Å². The van der Waals surface area contributed by atoms with Gasteiger partial charge in [-0.2, -0.15) is 0 Å². The van der Waals surface area contributed by atoms with Crippen LogP contribution in [0.4, 0.5) is 0 Å². The van der Waals surface area contributed by atoms with Crippen molar-refractivity contribution in [1.29, 1.82) is 0 Å². The molecule has 0 bridgehead atoms. The van der Waals surface area contributed by atoms with Crippen LogP contribution in [0.25, 0.3) is 0 Å². The van der Waals surface area contributed by atoms with Gasteiger partial charge in [-0.15, -0.1) is 0 Å².